The van der Waals surface area contributed by atoms with E-state index in [-0.39, 0.29) is 11.8 Å². The van der Waals surface area contributed by atoms with Gasteiger partial charge in [0.2, 0.25) is 0 Å². The fourth-order valence-corrected chi connectivity index (χ4v) is 2.28. The molecular formula is C15H20F3N. The lowest BCUT2D eigenvalue weighted by Gasteiger charge is -2.24. The van der Waals surface area contributed by atoms with Crippen LogP contribution in [-0.4, -0.2) is 12.6 Å². The molecule has 1 aliphatic carbocycles. The fourth-order valence-electron chi connectivity index (χ4n) is 2.28. The lowest BCUT2D eigenvalue weighted by Crippen LogP contribution is -2.27. The van der Waals surface area contributed by atoms with Crippen LogP contribution >= 0.6 is 0 Å². The minimum Gasteiger partial charge on any atom is -0.314 e. The second kappa shape index (κ2) is 5.53. The van der Waals surface area contributed by atoms with Gasteiger partial charge in [-0.25, -0.2) is 0 Å². The Morgan fingerprint density at radius 1 is 1.21 bits per heavy atom. The average molecular weight is 271 g/mol. The van der Waals surface area contributed by atoms with Gasteiger partial charge >= 0.3 is 6.18 Å². The number of benzene rings is 1. The van der Waals surface area contributed by atoms with Crippen LogP contribution in [0, 0.1) is 5.92 Å². The monoisotopic (exact) mass is 271 g/mol. The Hall–Kier alpha value is -1.03. The highest BCUT2D eigenvalue weighted by Gasteiger charge is 2.35. The molecule has 0 heterocycles. The summed E-state index contributed by atoms with van der Waals surface area (Å²) in [6, 6.07) is 6.50. The van der Waals surface area contributed by atoms with E-state index in [2.05, 4.69) is 5.32 Å². The van der Waals surface area contributed by atoms with E-state index >= 15 is 0 Å². The van der Waals surface area contributed by atoms with Gasteiger partial charge in [0.05, 0.1) is 5.56 Å². The maximum absolute atomic E-state index is 13.0. The second-order valence-corrected chi connectivity index (χ2v) is 5.53. The second-order valence-electron chi connectivity index (χ2n) is 5.53. The van der Waals surface area contributed by atoms with Gasteiger partial charge in [-0.15, -0.1) is 0 Å². The Morgan fingerprint density at radius 3 is 2.42 bits per heavy atom. The quantitative estimate of drug-likeness (QED) is 0.846. The van der Waals surface area contributed by atoms with Crippen LogP contribution in [0.3, 0.4) is 0 Å². The van der Waals surface area contributed by atoms with Crippen molar-refractivity contribution in [2.75, 3.05) is 6.54 Å². The van der Waals surface area contributed by atoms with Crippen molar-refractivity contribution in [3.8, 4) is 0 Å². The van der Waals surface area contributed by atoms with Crippen molar-refractivity contribution in [3.05, 3.63) is 35.4 Å². The molecule has 2 unspecified atom stereocenters. The largest absolute Gasteiger partial charge is 0.416 e. The molecule has 4 heteroatoms. The van der Waals surface area contributed by atoms with Gasteiger partial charge in [0.1, 0.15) is 0 Å². The van der Waals surface area contributed by atoms with E-state index < -0.39 is 11.7 Å². The molecule has 0 saturated heterocycles. The number of nitrogens with one attached hydrogen (secondary N) is 1. The zero-order valence-electron chi connectivity index (χ0n) is 11.3. The van der Waals surface area contributed by atoms with Crippen LogP contribution in [0.15, 0.2) is 24.3 Å². The summed E-state index contributed by atoms with van der Waals surface area (Å²) in [6.07, 6.45) is -1.88. The summed E-state index contributed by atoms with van der Waals surface area (Å²) in [7, 11) is 0. The molecule has 0 aliphatic heterocycles. The standard InChI is InChI=1S/C15H20F3N/c1-10(9-19-12-7-8-12)11(2)13-5-3-4-6-14(13)15(16,17)18/h3-6,10-12,19H,7-9H2,1-2H3. The number of hydrogen-bond acceptors (Lipinski definition) is 1. The van der Waals surface area contributed by atoms with Crippen molar-refractivity contribution in [1.29, 1.82) is 0 Å². The number of rotatable bonds is 5. The topological polar surface area (TPSA) is 12.0 Å². The third kappa shape index (κ3) is 3.72. The molecule has 19 heavy (non-hydrogen) atoms. The molecule has 0 bridgehead atoms. The van der Waals surface area contributed by atoms with E-state index in [0.717, 1.165) is 6.54 Å². The van der Waals surface area contributed by atoms with Crippen molar-refractivity contribution < 1.29 is 13.2 Å². The van der Waals surface area contributed by atoms with Crippen molar-refractivity contribution in [1.82, 2.24) is 5.32 Å². The van der Waals surface area contributed by atoms with Crippen LogP contribution in [-0.2, 0) is 6.18 Å². The van der Waals surface area contributed by atoms with Crippen molar-refractivity contribution in [2.24, 2.45) is 5.92 Å². The van der Waals surface area contributed by atoms with Crippen molar-refractivity contribution in [3.63, 3.8) is 0 Å². The molecule has 1 aliphatic rings. The van der Waals surface area contributed by atoms with Gasteiger partial charge in [-0.3, -0.25) is 0 Å². The summed E-state index contributed by atoms with van der Waals surface area (Å²) in [6.45, 7) is 4.66. The third-order valence-corrected chi connectivity index (χ3v) is 3.92. The maximum Gasteiger partial charge on any atom is 0.416 e. The molecule has 0 aromatic heterocycles. The SMILES string of the molecule is CC(CNC1CC1)C(C)c1ccccc1C(F)(F)F. The summed E-state index contributed by atoms with van der Waals surface area (Å²) in [5.41, 5.74) is -0.0964. The smallest absolute Gasteiger partial charge is 0.314 e. The Bertz CT molecular complexity index is 424. The Labute approximate surface area is 112 Å². The Morgan fingerprint density at radius 2 is 1.84 bits per heavy atom. The van der Waals surface area contributed by atoms with Gasteiger partial charge in [0.15, 0.2) is 0 Å². The molecular weight excluding hydrogens is 251 g/mol. The van der Waals surface area contributed by atoms with E-state index in [1.807, 2.05) is 13.8 Å². The molecule has 1 saturated carbocycles. The first-order valence-electron chi connectivity index (χ1n) is 6.79. The molecule has 1 aromatic rings. The predicted molar refractivity (Wildman–Crippen MR) is 70.0 cm³/mol. The predicted octanol–water partition coefficient (Wildman–Crippen LogP) is 4.20. The van der Waals surface area contributed by atoms with Crippen molar-refractivity contribution in [2.45, 2.75) is 44.8 Å². The van der Waals surface area contributed by atoms with Crippen LogP contribution < -0.4 is 5.32 Å². The first-order chi connectivity index (χ1) is 8.89. The van der Waals surface area contributed by atoms with Gasteiger partial charge in [-0.05, 0) is 42.9 Å². The molecule has 106 valence electrons. The van der Waals surface area contributed by atoms with Crippen LogP contribution in [0.25, 0.3) is 0 Å². The van der Waals surface area contributed by atoms with Crippen LogP contribution in [0.1, 0.15) is 43.7 Å². The van der Waals surface area contributed by atoms with Gasteiger partial charge in [0, 0.05) is 6.04 Å². The highest BCUT2D eigenvalue weighted by molar-refractivity contribution is 5.32. The van der Waals surface area contributed by atoms with Crippen molar-refractivity contribution >= 4 is 0 Å². The molecule has 2 rings (SSSR count). The summed E-state index contributed by atoms with van der Waals surface area (Å²) in [5, 5.41) is 3.38. The summed E-state index contributed by atoms with van der Waals surface area (Å²) in [5.74, 6) is 0.0770. The molecule has 0 spiro atoms. The third-order valence-electron chi connectivity index (χ3n) is 3.92. The van der Waals surface area contributed by atoms with E-state index in [1.54, 1.807) is 12.1 Å². The Kier molecular flexibility index (Phi) is 4.19. The number of alkyl halides is 3. The minimum atomic E-state index is -4.27. The first-order valence-corrected chi connectivity index (χ1v) is 6.79. The average Bonchev–Trinajstić information content (AvgIpc) is 3.18. The minimum absolute atomic E-state index is 0.107. The van der Waals surface area contributed by atoms with Crippen LogP contribution in [0.5, 0.6) is 0 Å². The van der Waals surface area contributed by atoms with E-state index in [9.17, 15) is 13.2 Å². The molecule has 1 aromatic carbocycles. The van der Waals surface area contributed by atoms with Gasteiger partial charge < -0.3 is 5.32 Å². The van der Waals surface area contributed by atoms with Gasteiger partial charge in [-0.1, -0.05) is 32.0 Å². The fraction of sp³-hybridized carbons (Fsp3) is 0.600. The summed E-state index contributed by atoms with van der Waals surface area (Å²) in [4.78, 5) is 0. The highest BCUT2D eigenvalue weighted by Crippen LogP contribution is 2.37. The first kappa shape index (κ1) is 14.4. The molecule has 0 radical (unpaired) electrons. The zero-order valence-corrected chi connectivity index (χ0v) is 11.3. The molecule has 1 fully saturated rings. The van der Waals surface area contributed by atoms with Gasteiger partial charge in [0.25, 0.3) is 0 Å². The highest BCUT2D eigenvalue weighted by atomic mass is 19.4. The van der Waals surface area contributed by atoms with Gasteiger partial charge in [-0.2, -0.15) is 13.2 Å². The molecule has 2 atom stereocenters. The molecule has 0 amide bonds. The normalized spacial score (nSPS) is 19.2. The number of hydrogen-bond donors (Lipinski definition) is 1. The number of halogens is 3. The Balaban J connectivity index is 2.10. The van der Waals surface area contributed by atoms with E-state index in [1.165, 1.54) is 25.0 Å². The lowest BCUT2D eigenvalue weighted by atomic mass is 9.86. The van der Waals surface area contributed by atoms with Crippen LogP contribution in [0.4, 0.5) is 13.2 Å². The summed E-state index contributed by atoms with van der Waals surface area (Å²) >= 11 is 0. The molecule has 1 nitrogen and oxygen atoms in total. The van der Waals surface area contributed by atoms with E-state index in [0.29, 0.717) is 11.6 Å². The lowest BCUT2D eigenvalue weighted by molar-refractivity contribution is -0.138. The maximum atomic E-state index is 13.0. The zero-order chi connectivity index (χ0) is 14.0. The van der Waals surface area contributed by atoms with Crippen LogP contribution in [0.2, 0.25) is 0 Å². The van der Waals surface area contributed by atoms with E-state index in [4.69, 9.17) is 0 Å². The molecule has 1 N–H and O–H groups in total. The summed E-state index contributed by atoms with van der Waals surface area (Å²) < 4.78 is 38.9.